The van der Waals surface area contributed by atoms with E-state index >= 15 is 0 Å². The molecule has 0 aliphatic rings. The van der Waals surface area contributed by atoms with Crippen LogP contribution in [0.5, 0.6) is 5.75 Å². The average Bonchev–Trinajstić information content (AvgIpc) is 3.05. The number of nitrogens with zero attached hydrogens (tertiary/aromatic N) is 1. The number of para-hydroxylation sites is 2. The van der Waals surface area contributed by atoms with E-state index < -0.39 is 0 Å². The summed E-state index contributed by atoms with van der Waals surface area (Å²) >= 11 is 0. The Bertz CT molecular complexity index is 1460. The van der Waals surface area contributed by atoms with Gasteiger partial charge in [-0.3, -0.25) is 0 Å². The van der Waals surface area contributed by atoms with Crippen molar-refractivity contribution in [3.8, 4) is 16.9 Å². The van der Waals surface area contributed by atoms with Gasteiger partial charge < -0.3 is 15.7 Å². The van der Waals surface area contributed by atoms with Crippen molar-refractivity contribution in [2.45, 2.75) is 46.0 Å². The van der Waals surface area contributed by atoms with Gasteiger partial charge in [-0.25, -0.2) is 0 Å². The van der Waals surface area contributed by atoms with Crippen LogP contribution in [0.1, 0.15) is 67.3 Å². The molecule has 0 atom stereocenters. The summed E-state index contributed by atoms with van der Waals surface area (Å²) in [6, 6.07) is 42.3. The third-order valence-corrected chi connectivity index (χ3v) is 7.36. The van der Waals surface area contributed by atoms with Crippen LogP contribution in [0.2, 0.25) is 0 Å². The molecular weight excluding hydrogens is 727 g/mol. The van der Waals surface area contributed by atoms with Gasteiger partial charge in [0.15, 0.2) is 0 Å². The first kappa shape index (κ1) is 38.5. The van der Waals surface area contributed by atoms with Crippen molar-refractivity contribution >= 4 is 5.69 Å². The Morgan fingerprint density at radius 1 is 0.609 bits per heavy atom. The zero-order valence-electron chi connectivity index (χ0n) is 27.9. The van der Waals surface area contributed by atoms with Crippen LogP contribution in [0.4, 0.5) is 5.69 Å². The molecule has 0 spiro atoms. The standard InChI is InChI=1S/C28H35N2O.2C7H7.Hf/c1-20(2)24-13-9-14-25(21(3)4)27(24)30-19-18-29-17-16-23-12-8-15-26(28(23)31)22-10-6-5-7-11-22;2*1-7-5-3-2-4-6-7;/h5-15,20-21,29,31H,16-19H2,1-4H3;2*2-6H,1H2;/q3*-1;+4. The fraction of sp³-hybridized carbons (Fsp3) is 0.238. The Balaban J connectivity index is 0.000000401. The maximum atomic E-state index is 10.7. The maximum absolute atomic E-state index is 10.7. The predicted molar refractivity (Wildman–Crippen MR) is 194 cm³/mol. The summed E-state index contributed by atoms with van der Waals surface area (Å²) in [4.78, 5) is 0. The number of phenols is 1. The minimum absolute atomic E-state index is 0. The van der Waals surface area contributed by atoms with Gasteiger partial charge in [-0.15, -0.1) is 36.5 Å². The Labute approximate surface area is 297 Å². The van der Waals surface area contributed by atoms with Gasteiger partial charge >= 0.3 is 25.8 Å². The number of benzene rings is 5. The van der Waals surface area contributed by atoms with Crippen molar-refractivity contribution < 1.29 is 30.9 Å². The van der Waals surface area contributed by atoms with E-state index in [1.807, 2.05) is 109 Å². The zero-order valence-corrected chi connectivity index (χ0v) is 31.5. The molecule has 0 heterocycles. The van der Waals surface area contributed by atoms with Gasteiger partial charge in [0.1, 0.15) is 5.75 Å². The fourth-order valence-corrected chi connectivity index (χ4v) is 4.89. The SMILES string of the molecule is CC(C)c1cccc(C(C)C)c1[N-]CCNCCc1cccc(-c2ccccc2)c1O.[CH2-]c1ccccc1.[CH2-]c1ccccc1.[Hf+4]. The van der Waals surface area contributed by atoms with Crippen molar-refractivity contribution in [3.63, 3.8) is 0 Å². The summed E-state index contributed by atoms with van der Waals surface area (Å²) in [5, 5.41) is 19.1. The molecule has 0 aliphatic carbocycles. The van der Waals surface area contributed by atoms with Crippen LogP contribution >= 0.6 is 0 Å². The van der Waals surface area contributed by atoms with E-state index in [9.17, 15) is 5.11 Å². The van der Waals surface area contributed by atoms with Gasteiger partial charge in [0.05, 0.1) is 0 Å². The van der Waals surface area contributed by atoms with Gasteiger partial charge in [0, 0.05) is 5.56 Å². The minimum Gasteiger partial charge on any atom is -0.683 e. The minimum atomic E-state index is 0. The van der Waals surface area contributed by atoms with E-state index in [-0.39, 0.29) is 25.8 Å². The van der Waals surface area contributed by atoms with Crippen LogP contribution < -0.4 is 5.32 Å². The van der Waals surface area contributed by atoms with Crippen LogP contribution in [-0.2, 0) is 32.3 Å². The molecule has 0 amide bonds. The molecule has 46 heavy (non-hydrogen) atoms. The Morgan fingerprint density at radius 3 is 1.54 bits per heavy atom. The smallest absolute Gasteiger partial charge is 0.683 e. The number of nitrogens with one attached hydrogen (secondary N) is 1. The molecule has 0 bridgehead atoms. The number of phenolic OH excluding ortho intramolecular Hbond substituents is 1. The largest absolute Gasteiger partial charge is 4.00 e. The van der Waals surface area contributed by atoms with Gasteiger partial charge in [-0.05, 0) is 42.5 Å². The third kappa shape index (κ3) is 12.9. The van der Waals surface area contributed by atoms with Gasteiger partial charge in [-0.1, -0.05) is 118 Å². The molecule has 5 aromatic carbocycles. The molecule has 3 nitrogen and oxygen atoms in total. The van der Waals surface area contributed by atoms with Crippen LogP contribution in [0.15, 0.2) is 127 Å². The summed E-state index contributed by atoms with van der Waals surface area (Å²) in [6.45, 7) is 18.7. The van der Waals surface area contributed by atoms with Crippen molar-refractivity contribution in [3.05, 3.63) is 174 Å². The van der Waals surface area contributed by atoms with Gasteiger partial charge in [-0.2, -0.15) is 49.2 Å². The van der Waals surface area contributed by atoms with E-state index in [0.29, 0.717) is 17.6 Å². The first-order chi connectivity index (χ1) is 21.8. The molecular formula is C42H49HfN2O+. The zero-order chi connectivity index (χ0) is 32.4. The summed E-state index contributed by atoms with van der Waals surface area (Å²) in [7, 11) is 0. The Kier molecular flexibility index (Phi) is 17.7. The number of hydrogen-bond acceptors (Lipinski definition) is 2. The van der Waals surface area contributed by atoms with Crippen LogP contribution in [0.25, 0.3) is 16.4 Å². The molecule has 0 saturated carbocycles. The molecule has 0 fully saturated rings. The maximum Gasteiger partial charge on any atom is 4.00 e. The van der Waals surface area contributed by atoms with E-state index in [4.69, 9.17) is 5.32 Å². The monoisotopic (exact) mass is 777 g/mol. The van der Waals surface area contributed by atoms with Crippen molar-refractivity contribution in [2.24, 2.45) is 0 Å². The molecule has 0 aliphatic heterocycles. The van der Waals surface area contributed by atoms with E-state index in [0.717, 1.165) is 53.9 Å². The third-order valence-electron chi connectivity index (χ3n) is 7.36. The van der Waals surface area contributed by atoms with Crippen LogP contribution in [-0.4, -0.2) is 24.7 Å². The van der Waals surface area contributed by atoms with E-state index in [1.54, 1.807) is 0 Å². The topological polar surface area (TPSA) is 46.4 Å². The van der Waals surface area contributed by atoms with E-state index in [2.05, 4.69) is 65.1 Å². The second-order valence-corrected chi connectivity index (χ2v) is 11.6. The van der Waals surface area contributed by atoms with Crippen LogP contribution in [0.3, 0.4) is 0 Å². The quantitative estimate of drug-likeness (QED) is 0.0843. The molecule has 0 radical (unpaired) electrons. The average molecular weight is 776 g/mol. The number of aromatic hydroxyl groups is 1. The summed E-state index contributed by atoms with van der Waals surface area (Å²) in [6.07, 6.45) is 0.784. The van der Waals surface area contributed by atoms with Crippen molar-refractivity contribution in [1.82, 2.24) is 5.32 Å². The predicted octanol–water partition coefficient (Wildman–Crippen LogP) is 10.9. The second kappa shape index (κ2) is 21.1. The van der Waals surface area contributed by atoms with Crippen molar-refractivity contribution in [2.75, 3.05) is 19.6 Å². The molecule has 0 unspecified atom stereocenters. The molecule has 4 heteroatoms. The van der Waals surface area contributed by atoms with Gasteiger partial charge in [0.25, 0.3) is 0 Å². The number of rotatable bonds is 10. The molecule has 5 rings (SSSR count). The molecule has 2 N–H and O–H groups in total. The molecule has 5 aromatic rings. The Morgan fingerprint density at radius 2 is 1.09 bits per heavy atom. The Hall–Kier alpha value is -3.73. The fourth-order valence-electron chi connectivity index (χ4n) is 4.89. The molecule has 0 aromatic heterocycles. The van der Waals surface area contributed by atoms with Crippen molar-refractivity contribution in [1.29, 1.82) is 0 Å². The second-order valence-electron chi connectivity index (χ2n) is 11.6. The summed E-state index contributed by atoms with van der Waals surface area (Å²) < 4.78 is 0. The number of hydrogen-bond donors (Lipinski definition) is 2. The summed E-state index contributed by atoms with van der Waals surface area (Å²) in [5.74, 6) is 1.31. The molecule has 0 saturated heterocycles. The van der Waals surface area contributed by atoms with Crippen LogP contribution in [0, 0.1) is 13.8 Å². The molecule has 236 valence electrons. The normalized spacial score (nSPS) is 10.2. The van der Waals surface area contributed by atoms with Gasteiger partial charge in [0.2, 0.25) is 0 Å². The first-order valence-corrected chi connectivity index (χ1v) is 15.9. The van der Waals surface area contributed by atoms with E-state index in [1.165, 1.54) is 16.8 Å². The first-order valence-electron chi connectivity index (χ1n) is 15.9. The summed E-state index contributed by atoms with van der Waals surface area (Å²) in [5.41, 5.74) is 8.87.